The molecule has 1 N–H and O–H groups in total. The highest BCUT2D eigenvalue weighted by Crippen LogP contribution is 2.35. The van der Waals surface area contributed by atoms with Crippen molar-refractivity contribution in [2.24, 2.45) is 11.8 Å². The van der Waals surface area contributed by atoms with Crippen LogP contribution in [0.1, 0.15) is 0 Å². The number of β-amino-alcohol motifs (C(OH)–C–C–N with tert-alkyl or cyclic N) is 1. The number of hydrogen-bond acceptors (Lipinski definition) is 3. The molecule has 0 unspecified atom stereocenters. The molecule has 2 nitrogen and oxygen atoms in total. The third-order valence-corrected chi connectivity index (χ3v) is 4.06. The van der Waals surface area contributed by atoms with E-state index in [1.54, 1.807) is 0 Å². The first-order chi connectivity index (χ1) is 5.40. The van der Waals surface area contributed by atoms with Crippen molar-refractivity contribution in [2.75, 3.05) is 37.7 Å². The molecule has 0 aromatic heterocycles. The van der Waals surface area contributed by atoms with Crippen LogP contribution in [0.4, 0.5) is 0 Å². The van der Waals surface area contributed by atoms with Gasteiger partial charge in [0, 0.05) is 19.6 Å². The van der Waals surface area contributed by atoms with Gasteiger partial charge < -0.3 is 10.0 Å². The summed E-state index contributed by atoms with van der Waals surface area (Å²) in [6, 6.07) is 0. The summed E-state index contributed by atoms with van der Waals surface area (Å²) < 4.78 is 0. The van der Waals surface area contributed by atoms with Gasteiger partial charge in [-0.2, -0.15) is 11.8 Å². The highest BCUT2D eigenvalue weighted by molar-refractivity contribution is 7.99. The van der Waals surface area contributed by atoms with Gasteiger partial charge in [0.2, 0.25) is 0 Å². The summed E-state index contributed by atoms with van der Waals surface area (Å²) in [7, 11) is 0. The van der Waals surface area contributed by atoms with E-state index in [1.807, 2.05) is 0 Å². The Bertz CT molecular complexity index is 130. The number of fused-ring (bicyclic) bond motifs is 1. The SMILES string of the molecule is OCCN1C[C@H]2CSC[C@H]2C1. The number of hydrogen-bond donors (Lipinski definition) is 1. The van der Waals surface area contributed by atoms with E-state index in [0.29, 0.717) is 6.61 Å². The average molecular weight is 173 g/mol. The van der Waals surface area contributed by atoms with Crippen LogP contribution >= 0.6 is 11.8 Å². The van der Waals surface area contributed by atoms with Crippen molar-refractivity contribution in [1.29, 1.82) is 0 Å². The van der Waals surface area contributed by atoms with Crippen LogP contribution in [0.15, 0.2) is 0 Å². The molecule has 0 saturated carbocycles. The fourth-order valence-electron chi connectivity index (χ4n) is 2.11. The molecule has 0 aromatic rings. The molecule has 2 saturated heterocycles. The number of nitrogens with zero attached hydrogens (tertiary/aromatic N) is 1. The monoisotopic (exact) mass is 173 g/mol. The molecule has 2 heterocycles. The summed E-state index contributed by atoms with van der Waals surface area (Å²) in [4.78, 5) is 2.40. The van der Waals surface area contributed by atoms with Crippen molar-refractivity contribution < 1.29 is 5.11 Å². The highest BCUT2D eigenvalue weighted by atomic mass is 32.2. The average Bonchev–Trinajstić information content (AvgIpc) is 2.46. The number of aliphatic hydroxyl groups excluding tert-OH is 1. The van der Waals surface area contributed by atoms with Crippen LogP contribution in [0.25, 0.3) is 0 Å². The summed E-state index contributed by atoms with van der Waals surface area (Å²) in [5.41, 5.74) is 0. The molecule has 0 spiro atoms. The van der Waals surface area contributed by atoms with E-state index in [2.05, 4.69) is 16.7 Å². The molecule has 2 aliphatic rings. The van der Waals surface area contributed by atoms with Gasteiger partial charge in [0.05, 0.1) is 6.61 Å². The van der Waals surface area contributed by atoms with Gasteiger partial charge >= 0.3 is 0 Å². The van der Waals surface area contributed by atoms with Crippen molar-refractivity contribution in [1.82, 2.24) is 4.90 Å². The Morgan fingerprint density at radius 1 is 1.27 bits per heavy atom. The van der Waals surface area contributed by atoms with Gasteiger partial charge in [-0.15, -0.1) is 0 Å². The van der Waals surface area contributed by atoms with E-state index in [9.17, 15) is 0 Å². The predicted molar refractivity (Wildman–Crippen MR) is 47.8 cm³/mol. The van der Waals surface area contributed by atoms with E-state index >= 15 is 0 Å². The van der Waals surface area contributed by atoms with Gasteiger partial charge in [0.1, 0.15) is 0 Å². The maximum Gasteiger partial charge on any atom is 0.0558 e. The van der Waals surface area contributed by atoms with E-state index in [-0.39, 0.29) is 0 Å². The smallest absolute Gasteiger partial charge is 0.0558 e. The minimum atomic E-state index is 0.326. The molecule has 3 heteroatoms. The Morgan fingerprint density at radius 3 is 2.45 bits per heavy atom. The van der Waals surface area contributed by atoms with Crippen LogP contribution in [0.3, 0.4) is 0 Å². The molecule has 2 aliphatic heterocycles. The summed E-state index contributed by atoms with van der Waals surface area (Å²) in [5, 5.41) is 8.74. The lowest BCUT2D eigenvalue weighted by molar-refractivity contribution is 0.216. The summed E-state index contributed by atoms with van der Waals surface area (Å²) in [6.07, 6.45) is 0. The van der Waals surface area contributed by atoms with E-state index in [1.165, 1.54) is 24.6 Å². The van der Waals surface area contributed by atoms with Crippen molar-refractivity contribution in [3.63, 3.8) is 0 Å². The molecule has 0 amide bonds. The third-order valence-electron chi connectivity index (χ3n) is 2.73. The molecule has 2 rings (SSSR count). The minimum Gasteiger partial charge on any atom is -0.395 e. The maximum atomic E-state index is 8.74. The first kappa shape index (κ1) is 7.90. The number of thioether (sulfide) groups is 1. The second kappa shape index (κ2) is 3.33. The molecule has 0 bridgehead atoms. The van der Waals surface area contributed by atoms with Gasteiger partial charge in [-0.25, -0.2) is 0 Å². The lowest BCUT2D eigenvalue weighted by Gasteiger charge is -2.13. The second-order valence-corrected chi connectivity index (χ2v) is 4.62. The van der Waals surface area contributed by atoms with Crippen LogP contribution in [0.2, 0.25) is 0 Å². The largest absolute Gasteiger partial charge is 0.395 e. The lowest BCUT2D eigenvalue weighted by atomic mass is 10.0. The van der Waals surface area contributed by atoms with Crippen LogP contribution < -0.4 is 0 Å². The highest BCUT2D eigenvalue weighted by Gasteiger charge is 2.35. The quantitative estimate of drug-likeness (QED) is 0.648. The number of likely N-dealkylation sites (tertiary alicyclic amines) is 1. The van der Waals surface area contributed by atoms with Gasteiger partial charge in [-0.05, 0) is 23.3 Å². The number of rotatable bonds is 2. The minimum absolute atomic E-state index is 0.326. The van der Waals surface area contributed by atoms with Crippen molar-refractivity contribution >= 4 is 11.8 Å². The Balaban J connectivity index is 1.84. The zero-order valence-corrected chi connectivity index (χ0v) is 7.52. The molecule has 0 aliphatic carbocycles. The standard InChI is InChI=1S/C8H15NOS/c10-2-1-9-3-7-5-11-6-8(7)4-9/h7-8,10H,1-6H2/t7-,8+. The first-order valence-corrected chi connectivity index (χ1v) is 5.46. The molecule has 0 aromatic carbocycles. The van der Waals surface area contributed by atoms with Crippen LogP contribution in [0.5, 0.6) is 0 Å². The Morgan fingerprint density at radius 2 is 1.91 bits per heavy atom. The van der Waals surface area contributed by atoms with Crippen LogP contribution in [-0.4, -0.2) is 47.8 Å². The first-order valence-electron chi connectivity index (χ1n) is 4.31. The molecule has 64 valence electrons. The molecule has 2 fully saturated rings. The van der Waals surface area contributed by atoms with Gasteiger partial charge in [0.25, 0.3) is 0 Å². The fraction of sp³-hybridized carbons (Fsp3) is 1.00. The van der Waals surface area contributed by atoms with E-state index in [0.717, 1.165) is 18.4 Å². The van der Waals surface area contributed by atoms with E-state index in [4.69, 9.17) is 5.11 Å². The van der Waals surface area contributed by atoms with Crippen LogP contribution in [-0.2, 0) is 0 Å². The Labute approximate surface area is 72.0 Å². The van der Waals surface area contributed by atoms with Gasteiger partial charge in [-0.1, -0.05) is 0 Å². The van der Waals surface area contributed by atoms with Crippen LogP contribution in [0, 0.1) is 11.8 Å². The van der Waals surface area contributed by atoms with Gasteiger partial charge in [-0.3, -0.25) is 0 Å². The zero-order valence-electron chi connectivity index (χ0n) is 6.70. The normalized spacial score (nSPS) is 37.9. The zero-order chi connectivity index (χ0) is 7.68. The maximum absolute atomic E-state index is 8.74. The van der Waals surface area contributed by atoms with Gasteiger partial charge in [0.15, 0.2) is 0 Å². The van der Waals surface area contributed by atoms with E-state index < -0.39 is 0 Å². The predicted octanol–water partition coefficient (Wildman–Crippen LogP) is 0.273. The number of aliphatic hydroxyl groups is 1. The third kappa shape index (κ3) is 1.55. The summed E-state index contributed by atoms with van der Waals surface area (Å²) >= 11 is 2.10. The molecule has 0 radical (unpaired) electrons. The lowest BCUT2D eigenvalue weighted by Crippen LogP contribution is -2.25. The van der Waals surface area contributed by atoms with Crippen molar-refractivity contribution in [2.45, 2.75) is 0 Å². The van der Waals surface area contributed by atoms with Crippen molar-refractivity contribution in [3.05, 3.63) is 0 Å². The van der Waals surface area contributed by atoms with Crippen molar-refractivity contribution in [3.8, 4) is 0 Å². The molecular formula is C8H15NOS. The Kier molecular flexibility index (Phi) is 2.39. The molecular weight excluding hydrogens is 158 g/mol. The summed E-state index contributed by atoms with van der Waals surface area (Å²) in [5.74, 6) is 4.58. The molecule has 2 atom stereocenters. The summed E-state index contributed by atoms with van der Waals surface area (Å²) in [6.45, 7) is 3.68. The second-order valence-electron chi connectivity index (χ2n) is 3.54. The Hall–Kier alpha value is 0.270. The molecule has 11 heavy (non-hydrogen) atoms. The topological polar surface area (TPSA) is 23.5 Å². The fourth-order valence-corrected chi connectivity index (χ4v) is 3.61.